The maximum atomic E-state index is 12.7. The van der Waals surface area contributed by atoms with Gasteiger partial charge in [-0.15, -0.1) is 0 Å². The molecule has 4 rings (SSSR count). The predicted octanol–water partition coefficient (Wildman–Crippen LogP) is 2.66. The van der Waals surface area contributed by atoms with E-state index in [4.69, 9.17) is 9.26 Å². The Labute approximate surface area is 147 Å². The number of aromatic nitrogens is 1. The average Bonchev–Trinajstić information content (AvgIpc) is 3.39. The third-order valence-electron chi connectivity index (χ3n) is 4.82. The third-order valence-corrected chi connectivity index (χ3v) is 4.82. The van der Waals surface area contributed by atoms with E-state index in [1.165, 1.54) is 5.69 Å². The molecule has 6 nitrogen and oxygen atoms in total. The second kappa shape index (κ2) is 6.88. The molecule has 2 aliphatic rings. The number of ether oxygens (including phenoxy) is 1. The Morgan fingerprint density at radius 2 is 2.04 bits per heavy atom. The molecule has 1 aromatic carbocycles. The van der Waals surface area contributed by atoms with Gasteiger partial charge in [-0.05, 0) is 24.5 Å². The normalized spacial score (nSPS) is 17.6. The summed E-state index contributed by atoms with van der Waals surface area (Å²) in [6.45, 7) is 3.78. The number of para-hydroxylation sites is 1. The van der Waals surface area contributed by atoms with Crippen LogP contribution in [0.2, 0.25) is 0 Å². The van der Waals surface area contributed by atoms with Gasteiger partial charge >= 0.3 is 0 Å². The second-order valence-electron chi connectivity index (χ2n) is 6.78. The number of morpholine rings is 1. The second-order valence-corrected chi connectivity index (χ2v) is 6.78. The molecule has 2 fully saturated rings. The van der Waals surface area contributed by atoms with Crippen molar-refractivity contribution in [3.8, 4) is 0 Å². The van der Waals surface area contributed by atoms with Crippen molar-refractivity contribution in [3.63, 3.8) is 0 Å². The van der Waals surface area contributed by atoms with Crippen molar-refractivity contribution in [2.75, 3.05) is 38.3 Å². The van der Waals surface area contributed by atoms with Crippen LogP contribution in [0.3, 0.4) is 0 Å². The van der Waals surface area contributed by atoms with Crippen LogP contribution in [0.4, 0.5) is 5.69 Å². The number of nitrogens with zero attached hydrogens (tertiary/aromatic N) is 3. The minimum Gasteiger partial charge on any atom is -0.378 e. The molecule has 1 aliphatic carbocycles. The fraction of sp³-hybridized carbons (Fsp3) is 0.474. The van der Waals surface area contributed by atoms with Gasteiger partial charge < -0.3 is 19.1 Å². The van der Waals surface area contributed by atoms with E-state index in [0.717, 1.165) is 50.5 Å². The summed E-state index contributed by atoms with van der Waals surface area (Å²) in [6, 6.07) is 10.0. The van der Waals surface area contributed by atoms with E-state index in [-0.39, 0.29) is 5.91 Å². The zero-order valence-electron chi connectivity index (χ0n) is 14.5. The van der Waals surface area contributed by atoms with Crippen LogP contribution < -0.4 is 4.90 Å². The number of carbonyl (C=O) groups is 1. The Hall–Kier alpha value is -2.34. The minimum atomic E-state index is -0.104. The van der Waals surface area contributed by atoms with Gasteiger partial charge in [-0.25, -0.2) is 0 Å². The van der Waals surface area contributed by atoms with Crippen LogP contribution in [-0.2, 0) is 11.3 Å². The van der Waals surface area contributed by atoms with Gasteiger partial charge in [-0.2, -0.15) is 0 Å². The van der Waals surface area contributed by atoms with Crippen molar-refractivity contribution in [1.29, 1.82) is 0 Å². The Morgan fingerprint density at radius 3 is 2.80 bits per heavy atom. The zero-order chi connectivity index (χ0) is 17.2. The van der Waals surface area contributed by atoms with E-state index in [0.29, 0.717) is 18.2 Å². The molecule has 2 heterocycles. The van der Waals surface area contributed by atoms with Crippen LogP contribution in [0.1, 0.15) is 40.6 Å². The van der Waals surface area contributed by atoms with E-state index in [1.54, 1.807) is 11.0 Å². The Morgan fingerprint density at radius 1 is 1.28 bits per heavy atom. The van der Waals surface area contributed by atoms with Crippen molar-refractivity contribution in [1.82, 2.24) is 10.1 Å². The van der Waals surface area contributed by atoms with Crippen LogP contribution in [-0.4, -0.2) is 49.3 Å². The molecule has 1 saturated carbocycles. The summed E-state index contributed by atoms with van der Waals surface area (Å²) >= 11 is 0. The summed E-state index contributed by atoms with van der Waals surface area (Å²) in [5.41, 5.74) is 2.70. The third kappa shape index (κ3) is 3.54. The van der Waals surface area contributed by atoms with Gasteiger partial charge in [-0.1, -0.05) is 23.4 Å². The molecule has 1 saturated heterocycles. The molecular weight excluding hydrogens is 318 g/mol. The molecule has 132 valence electrons. The Bertz CT molecular complexity index is 748. The highest BCUT2D eigenvalue weighted by Gasteiger charge is 2.29. The molecule has 6 heteroatoms. The van der Waals surface area contributed by atoms with Gasteiger partial charge in [0.1, 0.15) is 5.76 Å². The van der Waals surface area contributed by atoms with Crippen molar-refractivity contribution in [2.24, 2.45) is 0 Å². The first-order valence-electron chi connectivity index (χ1n) is 8.85. The van der Waals surface area contributed by atoms with Crippen LogP contribution in [0.5, 0.6) is 0 Å². The molecule has 0 radical (unpaired) electrons. The lowest BCUT2D eigenvalue weighted by Crippen LogP contribution is -2.37. The van der Waals surface area contributed by atoms with Gasteiger partial charge in [0.05, 0.1) is 13.2 Å². The van der Waals surface area contributed by atoms with Gasteiger partial charge in [0.15, 0.2) is 5.69 Å². The van der Waals surface area contributed by atoms with E-state index >= 15 is 0 Å². The van der Waals surface area contributed by atoms with Crippen LogP contribution in [0.15, 0.2) is 34.9 Å². The van der Waals surface area contributed by atoms with Crippen molar-refractivity contribution >= 4 is 11.6 Å². The zero-order valence-corrected chi connectivity index (χ0v) is 14.5. The SMILES string of the molecule is CN(Cc1ccccc1N1CCOCC1)C(=O)c1cc(C2CC2)on1. The molecule has 0 bridgehead atoms. The largest absolute Gasteiger partial charge is 0.378 e. The summed E-state index contributed by atoms with van der Waals surface area (Å²) in [5, 5.41) is 3.96. The lowest BCUT2D eigenvalue weighted by Gasteiger charge is -2.31. The molecule has 1 aromatic heterocycles. The quantitative estimate of drug-likeness (QED) is 0.837. The number of carbonyl (C=O) groups excluding carboxylic acids is 1. The summed E-state index contributed by atoms with van der Waals surface area (Å²) < 4.78 is 10.7. The number of hydrogen-bond donors (Lipinski definition) is 0. The number of rotatable bonds is 5. The predicted molar refractivity (Wildman–Crippen MR) is 93.7 cm³/mol. The standard InChI is InChI=1S/C19H23N3O3/c1-21(19(23)16-12-18(25-20-16)14-6-7-14)13-15-4-2-3-5-17(15)22-8-10-24-11-9-22/h2-5,12,14H,6-11,13H2,1H3. The van der Waals surface area contributed by atoms with E-state index < -0.39 is 0 Å². The van der Waals surface area contributed by atoms with Gasteiger partial charge in [0.25, 0.3) is 5.91 Å². The summed E-state index contributed by atoms with van der Waals surface area (Å²) in [5.74, 6) is 1.19. The van der Waals surface area contributed by atoms with Gasteiger partial charge in [0.2, 0.25) is 0 Å². The highest BCUT2D eigenvalue weighted by atomic mass is 16.5. The first-order valence-corrected chi connectivity index (χ1v) is 8.85. The number of hydrogen-bond acceptors (Lipinski definition) is 5. The molecule has 0 unspecified atom stereocenters. The Kier molecular flexibility index (Phi) is 4.44. The highest BCUT2D eigenvalue weighted by Crippen LogP contribution is 2.40. The lowest BCUT2D eigenvalue weighted by atomic mass is 10.1. The first-order chi connectivity index (χ1) is 12.2. The molecule has 2 aromatic rings. The van der Waals surface area contributed by atoms with E-state index in [2.05, 4.69) is 22.2 Å². The van der Waals surface area contributed by atoms with E-state index in [9.17, 15) is 4.79 Å². The molecular formula is C19H23N3O3. The lowest BCUT2D eigenvalue weighted by molar-refractivity contribution is 0.0774. The molecule has 0 N–H and O–H groups in total. The first kappa shape index (κ1) is 16.1. The maximum absolute atomic E-state index is 12.7. The summed E-state index contributed by atoms with van der Waals surface area (Å²) in [6.07, 6.45) is 2.26. The molecule has 0 atom stereocenters. The van der Waals surface area contributed by atoms with Crippen LogP contribution in [0.25, 0.3) is 0 Å². The number of amides is 1. The topological polar surface area (TPSA) is 58.8 Å². The van der Waals surface area contributed by atoms with Gasteiger partial charge in [0, 0.05) is 44.4 Å². The van der Waals surface area contributed by atoms with Crippen molar-refractivity contribution < 1.29 is 14.1 Å². The minimum absolute atomic E-state index is 0.104. The van der Waals surface area contributed by atoms with Crippen LogP contribution >= 0.6 is 0 Å². The maximum Gasteiger partial charge on any atom is 0.276 e. The van der Waals surface area contributed by atoms with Crippen molar-refractivity contribution in [2.45, 2.75) is 25.3 Å². The van der Waals surface area contributed by atoms with E-state index in [1.807, 2.05) is 19.2 Å². The molecule has 1 amide bonds. The monoisotopic (exact) mass is 341 g/mol. The average molecular weight is 341 g/mol. The number of benzene rings is 1. The molecule has 0 spiro atoms. The highest BCUT2D eigenvalue weighted by molar-refractivity contribution is 5.92. The number of anilines is 1. The fourth-order valence-corrected chi connectivity index (χ4v) is 3.23. The fourth-order valence-electron chi connectivity index (χ4n) is 3.23. The smallest absolute Gasteiger partial charge is 0.276 e. The summed E-state index contributed by atoms with van der Waals surface area (Å²) in [4.78, 5) is 16.7. The summed E-state index contributed by atoms with van der Waals surface area (Å²) in [7, 11) is 1.81. The Balaban J connectivity index is 1.47. The molecule has 25 heavy (non-hydrogen) atoms. The van der Waals surface area contributed by atoms with Gasteiger partial charge in [-0.3, -0.25) is 4.79 Å². The molecule has 1 aliphatic heterocycles. The van der Waals surface area contributed by atoms with Crippen molar-refractivity contribution in [3.05, 3.63) is 47.3 Å². The van der Waals surface area contributed by atoms with Crippen LogP contribution in [0, 0.1) is 0 Å².